The molecule has 1 N–H and O–H groups in total. The van der Waals surface area contributed by atoms with Crippen molar-refractivity contribution < 1.29 is 4.79 Å². The number of hydrogen-bond acceptors (Lipinski definition) is 4. The first-order chi connectivity index (χ1) is 13.0. The molecule has 1 saturated carbocycles. The molecule has 0 saturated heterocycles. The topological polar surface area (TPSA) is 66.7 Å². The van der Waals surface area contributed by atoms with Crippen molar-refractivity contribution in [2.45, 2.75) is 38.8 Å². The summed E-state index contributed by atoms with van der Waals surface area (Å²) in [6.45, 7) is 4.14. The molecule has 1 aromatic heterocycles. The second-order valence-corrected chi connectivity index (χ2v) is 7.44. The molecule has 6 heteroatoms. The molecule has 2 aromatic rings. The van der Waals surface area contributed by atoms with Crippen molar-refractivity contribution in [3.8, 4) is 0 Å². The Balaban J connectivity index is 1.63. The first-order valence-corrected chi connectivity index (χ1v) is 9.58. The maximum Gasteiger partial charge on any atom is 0.274 e. The van der Waals surface area contributed by atoms with Gasteiger partial charge in [0.25, 0.3) is 5.91 Å². The van der Waals surface area contributed by atoms with Gasteiger partial charge in [-0.25, -0.2) is 4.98 Å². The first-order valence-electron chi connectivity index (χ1n) is 9.21. The molecule has 1 aromatic carbocycles. The average molecular weight is 381 g/mol. The minimum Gasteiger partial charge on any atom is -0.321 e. The fourth-order valence-corrected chi connectivity index (χ4v) is 3.64. The van der Waals surface area contributed by atoms with Gasteiger partial charge in [-0.1, -0.05) is 30.7 Å². The fraction of sp³-hybridized carbons (Fsp3) is 0.333. The van der Waals surface area contributed by atoms with Crippen molar-refractivity contribution in [2.24, 2.45) is 15.9 Å². The van der Waals surface area contributed by atoms with Crippen LogP contribution in [-0.2, 0) is 5.66 Å². The number of aliphatic imine (C=N–C) groups is 2. The normalized spacial score (nSPS) is 21.6. The number of carbonyl (C=O) groups is 1. The van der Waals surface area contributed by atoms with Gasteiger partial charge in [0, 0.05) is 23.4 Å². The molecule has 1 fully saturated rings. The van der Waals surface area contributed by atoms with Crippen molar-refractivity contribution in [2.75, 3.05) is 5.32 Å². The lowest BCUT2D eigenvalue weighted by Gasteiger charge is -2.24. The van der Waals surface area contributed by atoms with E-state index in [-0.39, 0.29) is 5.91 Å². The Hall–Kier alpha value is -2.53. The van der Waals surface area contributed by atoms with Crippen LogP contribution in [0.5, 0.6) is 0 Å². The van der Waals surface area contributed by atoms with Gasteiger partial charge in [0.1, 0.15) is 5.69 Å². The molecule has 1 atom stereocenters. The Morgan fingerprint density at radius 1 is 1.26 bits per heavy atom. The largest absolute Gasteiger partial charge is 0.321 e. The fourth-order valence-electron chi connectivity index (χ4n) is 3.53. The molecule has 1 aliphatic heterocycles. The van der Waals surface area contributed by atoms with Crippen LogP contribution < -0.4 is 5.32 Å². The van der Waals surface area contributed by atoms with Crippen LogP contribution in [0, 0.1) is 5.92 Å². The van der Waals surface area contributed by atoms with Crippen LogP contribution in [0.25, 0.3) is 0 Å². The SMILES string of the molecule is CCC1=NC(c2cccc(NC(=O)c3ccc(Cl)cn3)c2)(C2CC2)N=C1C. The van der Waals surface area contributed by atoms with E-state index in [2.05, 4.69) is 17.2 Å². The van der Waals surface area contributed by atoms with Gasteiger partial charge in [-0.2, -0.15) is 0 Å². The van der Waals surface area contributed by atoms with Gasteiger partial charge in [0.05, 0.1) is 16.4 Å². The summed E-state index contributed by atoms with van der Waals surface area (Å²) in [6.07, 6.45) is 4.60. The monoisotopic (exact) mass is 380 g/mol. The highest BCUT2D eigenvalue weighted by molar-refractivity contribution is 6.42. The third-order valence-corrected chi connectivity index (χ3v) is 5.27. The minimum atomic E-state index is -0.533. The summed E-state index contributed by atoms with van der Waals surface area (Å²) in [6, 6.07) is 11.1. The van der Waals surface area contributed by atoms with Gasteiger partial charge in [-0.15, -0.1) is 0 Å². The molecule has 2 heterocycles. The lowest BCUT2D eigenvalue weighted by molar-refractivity contribution is 0.102. The van der Waals surface area contributed by atoms with Crippen LogP contribution in [0.2, 0.25) is 5.02 Å². The number of halogens is 1. The first kappa shape index (κ1) is 17.9. The van der Waals surface area contributed by atoms with Crippen LogP contribution in [-0.4, -0.2) is 22.3 Å². The lowest BCUT2D eigenvalue weighted by atomic mass is 9.95. The van der Waals surface area contributed by atoms with E-state index >= 15 is 0 Å². The number of benzene rings is 1. The van der Waals surface area contributed by atoms with Gasteiger partial charge in [-0.05, 0) is 50.5 Å². The summed E-state index contributed by atoms with van der Waals surface area (Å²) < 4.78 is 0. The summed E-state index contributed by atoms with van der Waals surface area (Å²) in [5.74, 6) is 0.161. The Morgan fingerprint density at radius 2 is 2.07 bits per heavy atom. The molecule has 1 aliphatic carbocycles. The van der Waals surface area contributed by atoms with E-state index in [1.165, 1.54) is 6.20 Å². The number of hydrogen-bond donors (Lipinski definition) is 1. The summed E-state index contributed by atoms with van der Waals surface area (Å²) in [5, 5.41) is 3.41. The summed E-state index contributed by atoms with van der Waals surface area (Å²) in [7, 11) is 0. The molecular formula is C21H21ClN4O. The van der Waals surface area contributed by atoms with Crippen molar-refractivity contribution in [1.82, 2.24) is 4.98 Å². The molecule has 5 nitrogen and oxygen atoms in total. The van der Waals surface area contributed by atoms with Crippen molar-refractivity contribution in [3.63, 3.8) is 0 Å². The minimum absolute atomic E-state index is 0.270. The molecule has 0 spiro atoms. The van der Waals surface area contributed by atoms with E-state index in [4.69, 9.17) is 21.6 Å². The van der Waals surface area contributed by atoms with Crippen molar-refractivity contribution >= 4 is 34.6 Å². The third kappa shape index (κ3) is 3.39. The van der Waals surface area contributed by atoms with E-state index in [1.807, 2.05) is 31.2 Å². The van der Waals surface area contributed by atoms with Gasteiger partial charge in [0.2, 0.25) is 0 Å². The number of nitrogens with zero attached hydrogens (tertiary/aromatic N) is 3. The molecule has 4 rings (SSSR count). The Bertz CT molecular complexity index is 947. The van der Waals surface area contributed by atoms with Gasteiger partial charge in [0.15, 0.2) is 5.66 Å². The average Bonchev–Trinajstić information content (AvgIpc) is 3.46. The number of anilines is 1. The van der Waals surface area contributed by atoms with E-state index in [1.54, 1.807) is 12.1 Å². The highest BCUT2D eigenvalue weighted by atomic mass is 35.5. The molecular weight excluding hydrogens is 360 g/mol. The van der Waals surface area contributed by atoms with E-state index in [0.717, 1.165) is 36.2 Å². The summed E-state index contributed by atoms with van der Waals surface area (Å²) in [5.41, 5.74) is 3.61. The molecule has 27 heavy (non-hydrogen) atoms. The quantitative estimate of drug-likeness (QED) is 0.803. The number of carbonyl (C=O) groups excluding carboxylic acids is 1. The van der Waals surface area contributed by atoms with E-state index < -0.39 is 5.66 Å². The van der Waals surface area contributed by atoms with E-state index in [0.29, 0.717) is 22.3 Å². The van der Waals surface area contributed by atoms with Gasteiger partial charge in [-0.3, -0.25) is 14.8 Å². The van der Waals surface area contributed by atoms with Crippen LogP contribution in [0.15, 0.2) is 52.6 Å². The second kappa shape index (κ2) is 6.89. The second-order valence-electron chi connectivity index (χ2n) is 7.01. The van der Waals surface area contributed by atoms with Crippen molar-refractivity contribution in [3.05, 3.63) is 58.9 Å². The molecule has 138 valence electrons. The van der Waals surface area contributed by atoms with Crippen molar-refractivity contribution in [1.29, 1.82) is 0 Å². The molecule has 2 aliphatic rings. The molecule has 0 radical (unpaired) electrons. The molecule has 1 unspecified atom stereocenters. The zero-order valence-electron chi connectivity index (χ0n) is 15.4. The number of aromatic nitrogens is 1. The Labute approximate surface area is 163 Å². The molecule has 0 bridgehead atoms. The smallest absolute Gasteiger partial charge is 0.274 e. The maximum atomic E-state index is 12.5. The number of pyridine rings is 1. The number of rotatable bonds is 5. The summed E-state index contributed by atoms with van der Waals surface area (Å²) in [4.78, 5) is 26.5. The highest BCUT2D eigenvalue weighted by Gasteiger charge is 2.49. The summed E-state index contributed by atoms with van der Waals surface area (Å²) >= 11 is 5.84. The predicted molar refractivity (Wildman–Crippen MR) is 109 cm³/mol. The predicted octanol–water partition coefficient (Wildman–Crippen LogP) is 4.88. The van der Waals surface area contributed by atoms with Gasteiger partial charge >= 0.3 is 0 Å². The van der Waals surface area contributed by atoms with Crippen LogP contribution in [0.4, 0.5) is 5.69 Å². The number of amides is 1. The van der Waals surface area contributed by atoms with E-state index in [9.17, 15) is 4.79 Å². The van der Waals surface area contributed by atoms with Crippen LogP contribution in [0.1, 0.15) is 49.2 Å². The number of nitrogens with one attached hydrogen (secondary N) is 1. The van der Waals surface area contributed by atoms with Crippen LogP contribution >= 0.6 is 11.6 Å². The van der Waals surface area contributed by atoms with Crippen LogP contribution in [0.3, 0.4) is 0 Å². The van der Waals surface area contributed by atoms with Gasteiger partial charge < -0.3 is 5.32 Å². The maximum absolute atomic E-state index is 12.5. The zero-order chi connectivity index (χ0) is 19.0. The standard InChI is InChI=1S/C21H21ClN4O/c1-3-18-13(2)25-21(26-18,14-7-8-14)15-5-4-6-17(11-15)24-20(27)19-10-9-16(22)12-23-19/h4-6,9-12,14H,3,7-8H2,1-2H3,(H,24,27). The zero-order valence-corrected chi connectivity index (χ0v) is 16.1. The Morgan fingerprint density at radius 3 is 2.70 bits per heavy atom. The Kier molecular flexibility index (Phi) is 4.56. The lowest BCUT2D eigenvalue weighted by Crippen LogP contribution is -2.22. The highest BCUT2D eigenvalue weighted by Crippen LogP contribution is 2.51. The third-order valence-electron chi connectivity index (χ3n) is 5.05. The molecule has 1 amide bonds.